The SMILES string of the molecule is CCC(=O)NCCCC[C@H](NC(=O)OCc1ccccc1)C(=O)N1CCC(Cc2ccccc2)CC1. The van der Waals surface area contributed by atoms with Gasteiger partial charge in [-0.25, -0.2) is 4.79 Å². The minimum Gasteiger partial charge on any atom is -0.445 e. The number of benzene rings is 2. The molecule has 1 atom stereocenters. The van der Waals surface area contributed by atoms with Crippen LogP contribution in [0, 0.1) is 5.92 Å². The minimum atomic E-state index is -0.638. The second-order valence-corrected chi connectivity index (χ2v) is 9.42. The van der Waals surface area contributed by atoms with Crippen molar-refractivity contribution >= 4 is 17.9 Å². The molecule has 1 heterocycles. The fourth-order valence-corrected chi connectivity index (χ4v) is 4.52. The number of unbranched alkanes of at least 4 members (excludes halogenated alkanes) is 1. The molecular weight excluding hydrogens is 454 g/mol. The fraction of sp³-hybridized carbons (Fsp3) is 0.483. The molecule has 0 aromatic heterocycles. The Balaban J connectivity index is 1.50. The molecular formula is C29H39N3O4. The van der Waals surface area contributed by atoms with Gasteiger partial charge in [0.2, 0.25) is 11.8 Å². The first-order chi connectivity index (χ1) is 17.5. The summed E-state index contributed by atoms with van der Waals surface area (Å²) in [6.45, 7) is 3.93. The highest BCUT2D eigenvalue weighted by molar-refractivity contribution is 5.85. The Kier molecular flexibility index (Phi) is 11.3. The number of ether oxygens (including phenoxy) is 1. The van der Waals surface area contributed by atoms with E-state index in [0.29, 0.717) is 44.8 Å². The molecule has 36 heavy (non-hydrogen) atoms. The van der Waals surface area contributed by atoms with Gasteiger partial charge in [0.05, 0.1) is 0 Å². The molecule has 194 valence electrons. The van der Waals surface area contributed by atoms with Crippen LogP contribution in [0.4, 0.5) is 4.79 Å². The zero-order valence-corrected chi connectivity index (χ0v) is 21.3. The number of amides is 3. The highest BCUT2D eigenvalue weighted by atomic mass is 16.5. The van der Waals surface area contributed by atoms with Gasteiger partial charge in [0, 0.05) is 26.1 Å². The zero-order chi connectivity index (χ0) is 25.6. The van der Waals surface area contributed by atoms with Crippen molar-refractivity contribution in [3.05, 3.63) is 71.8 Å². The fourth-order valence-electron chi connectivity index (χ4n) is 4.52. The van der Waals surface area contributed by atoms with Gasteiger partial charge in [0.1, 0.15) is 12.6 Å². The molecule has 7 heteroatoms. The van der Waals surface area contributed by atoms with Gasteiger partial charge < -0.3 is 20.3 Å². The monoisotopic (exact) mass is 493 g/mol. The predicted octanol–water partition coefficient (Wildman–Crippen LogP) is 4.46. The molecule has 0 saturated carbocycles. The molecule has 0 radical (unpaired) electrons. The van der Waals surface area contributed by atoms with Crippen molar-refractivity contribution in [3.63, 3.8) is 0 Å². The van der Waals surface area contributed by atoms with Gasteiger partial charge >= 0.3 is 6.09 Å². The van der Waals surface area contributed by atoms with Crippen molar-refractivity contribution in [1.82, 2.24) is 15.5 Å². The molecule has 0 bridgehead atoms. The van der Waals surface area contributed by atoms with Crippen LogP contribution in [0.2, 0.25) is 0 Å². The van der Waals surface area contributed by atoms with Crippen molar-refractivity contribution in [3.8, 4) is 0 Å². The van der Waals surface area contributed by atoms with Crippen LogP contribution in [-0.4, -0.2) is 48.5 Å². The lowest BCUT2D eigenvalue weighted by molar-refractivity contribution is -0.135. The maximum Gasteiger partial charge on any atom is 0.408 e. The number of carbonyl (C=O) groups is 3. The Morgan fingerprint density at radius 3 is 2.22 bits per heavy atom. The Morgan fingerprint density at radius 2 is 1.58 bits per heavy atom. The standard InChI is InChI=1S/C29H39N3O4/c1-2-27(33)30-18-10-9-15-26(31-29(35)36-22-25-13-7-4-8-14-25)28(34)32-19-16-24(17-20-32)21-23-11-5-3-6-12-23/h3-8,11-14,24,26H,2,9-10,15-22H2,1H3,(H,30,33)(H,31,35)/t26-/m0/s1. The number of alkyl carbamates (subject to hydrolysis) is 1. The average Bonchev–Trinajstić information content (AvgIpc) is 2.92. The van der Waals surface area contributed by atoms with Crippen molar-refractivity contribution in [2.24, 2.45) is 5.92 Å². The van der Waals surface area contributed by atoms with Crippen LogP contribution in [0.15, 0.2) is 60.7 Å². The molecule has 0 unspecified atom stereocenters. The van der Waals surface area contributed by atoms with Crippen LogP contribution in [0.5, 0.6) is 0 Å². The van der Waals surface area contributed by atoms with E-state index in [9.17, 15) is 14.4 Å². The summed E-state index contributed by atoms with van der Waals surface area (Å²) in [5.74, 6) is 0.520. The number of carbonyl (C=O) groups excluding carboxylic acids is 3. The third-order valence-electron chi connectivity index (χ3n) is 6.66. The summed E-state index contributed by atoms with van der Waals surface area (Å²) in [6.07, 6.45) is 4.76. The number of rotatable bonds is 12. The molecule has 1 aliphatic heterocycles. The lowest BCUT2D eigenvalue weighted by Gasteiger charge is -2.34. The summed E-state index contributed by atoms with van der Waals surface area (Å²) in [5, 5.41) is 5.66. The third kappa shape index (κ3) is 9.36. The van der Waals surface area contributed by atoms with E-state index in [1.54, 1.807) is 0 Å². The van der Waals surface area contributed by atoms with E-state index in [1.165, 1.54) is 5.56 Å². The van der Waals surface area contributed by atoms with Crippen LogP contribution in [0.1, 0.15) is 56.6 Å². The number of nitrogens with zero attached hydrogens (tertiary/aromatic N) is 1. The molecule has 2 N–H and O–H groups in total. The second kappa shape index (κ2) is 14.9. The first-order valence-corrected chi connectivity index (χ1v) is 13.1. The topological polar surface area (TPSA) is 87.7 Å². The highest BCUT2D eigenvalue weighted by Gasteiger charge is 2.29. The normalized spacial score (nSPS) is 14.6. The molecule has 1 saturated heterocycles. The summed E-state index contributed by atoms with van der Waals surface area (Å²) in [6, 6.07) is 19.3. The first kappa shape index (κ1) is 27.2. The van der Waals surface area contributed by atoms with Crippen LogP contribution < -0.4 is 10.6 Å². The van der Waals surface area contributed by atoms with E-state index < -0.39 is 12.1 Å². The van der Waals surface area contributed by atoms with Crippen LogP contribution >= 0.6 is 0 Å². The molecule has 7 nitrogen and oxygen atoms in total. The van der Waals surface area contributed by atoms with E-state index in [2.05, 4.69) is 34.9 Å². The summed E-state index contributed by atoms with van der Waals surface area (Å²) in [4.78, 5) is 39.2. The van der Waals surface area contributed by atoms with Gasteiger partial charge in [-0.3, -0.25) is 9.59 Å². The van der Waals surface area contributed by atoms with Gasteiger partial charge in [-0.15, -0.1) is 0 Å². The highest BCUT2D eigenvalue weighted by Crippen LogP contribution is 2.22. The number of hydrogen-bond acceptors (Lipinski definition) is 4. The molecule has 0 aliphatic carbocycles. The van der Waals surface area contributed by atoms with E-state index in [1.807, 2.05) is 48.2 Å². The molecule has 2 aromatic carbocycles. The predicted molar refractivity (Wildman–Crippen MR) is 140 cm³/mol. The average molecular weight is 494 g/mol. The summed E-state index contributed by atoms with van der Waals surface area (Å²) >= 11 is 0. The Labute approximate surface area is 214 Å². The van der Waals surface area contributed by atoms with Gasteiger partial charge in [-0.05, 0) is 55.6 Å². The van der Waals surface area contributed by atoms with Gasteiger partial charge in [-0.1, -0.05) is 67.6 Å². The Hall–Kier alpha value is -3.35. The van der Waals surface area contributed by atoms with Gasteiger partial charge in [0.25, 0.3) is 0 Å². The molecule has 2 aromatic rings. The third-order valence-corrected chi connectivity index (χ3v) is 6.66. The van der Waals surface area contributed by atoms with Crippen molar-refractivity contribution in [1.29, 1.82) is 0 Å². The number of piperidine rings is 1. The quantitative estimate of drug-likeness (QED) is 0.428. The zero-order valence-electron chi connectivity index (χ0n) is 21.3. The second-order valence-electron chi connectivity index (χ2n) is 9.42. The summed E-state index contributed by atoms with van der Waals surface area (Å²) in [5.41, 5.74) is 2.22. The van der Waals surface area contributed by atoms with Crippen molar-refractivity contribution in [2.75, 3.05) is 19.6 Å². The molecule has 0 spiro atoms. The number of nitrogens with one attached hydrogen (secondary N) is 2. The van der Waals surface area contributed by atoms with E-state index in [0.717, 1.165) is 31.2 Å². The Bertz CT molecular complexity index is 944. The maximum absolute atomic E-state index is 13.4. The van der Waals surface area contributed by atoms with Crippen LogP contribution in [0.3, 0.4) is 0 Å². The van der Waals surface area contributed by atoms with Gasteiger partial charge in [-0.2, -0.15) is 0 Å². The van der Waals surface area contributed by atoms with E-state index >= 15 is 0 Å². The maximum atomic E-state index is 13.4. The smallest absolute Gasteiger partial charge is 0.408 e. The van der Waals surface area contributed by atoms with E-state index in [-0.39, 0.29) is 18.4 Å². The minimum absolute atomic E-state index is 0.0172. The lowest BCUT2D eigenvalue weighted by Crippen LogP contribution is -2.51. The van der Waals surface area contributed by atoms with E-state index in [4.69, 9.17) is 4.74 Å². The molecule has 3 rings (SSSR count). The first-order valence-electron chi connectivity index (χ1n) is 13.1. The van der Waals surface area contributed by atoms with Gasteiger partial charge in [0.15, 0.2) is 0 Å². The number of likely N-dealkylation sites (tertiary alicyclic amines) is 1. The van der Waals surface area contributed by atoms with Crippen LogP contribution in [-0.2, 0) is 27.4 Å². The summed E-state index contributed by atoms with van der Waals surface area (Å²) in [7, 11) is 0. The van der Waals surface area contributed by atoms with Crippen molar-refractivity contribution in [2.45, 2.75) is 64.5 Å². The molecule has 1 fully saturated rings. The number of hydrogen-bond donors (Lipinski definition) is 2. The Morgan fingerprint density at radius 1 is 0.944 bits per heavy atom. The van der Waals surface area contributed by atoms with Crippen LogP contribution in [0.25, 0.3) is 0 Å². The molecule has 3 amide bonds. The molecule has 1 aliphatic rings. The van der Waals surface area contributed by atoms with Crippen molar-refractivity contribution < 1.29 is 19.1 Å². The lowest BCUT2D eigenvalue weighted by atomic mass is 9.90. The largest absolute Gasteiger partial charge is 0.445 e. The summed E-state index contributed by atoms with van der Waals surface area (Å²) < 4.78 is 5.38.